The van der Waals surface area contributed by atoms with E-state index in [0.717, 1.165) is 26.7 Å². The molecule has 3 nitrogen and oxygen atoms in total. The number of ether oxygens (including phenoxy) is 1. The Bertz CT molecular complexity index is 1130. The van der Waals surface area contributed by atoms with Crippen LogP contribution >= 0.6 is 15.9 Å². The minimum absolute atomic E-state index is 0.0163. The zero-order valence-electron chi connectivity index (χ0n) is 20.5. The number of Topliss-reactive ketones (excluding diaryl/α,β-unsaturated/α-hetero) is 1. The van der Waals surface area contributed by atoms with Crippen molar-refractivity contribution in [2.24, 2.45) is 0 Å². The Morgan fingerprint density at radius 3 is 1.94 bits per heavy atom. The van der Waals surface area contributed by atoms with Gasteiger partial charge in [-0.2, -0.15) is 0 Å². The van der Waals surface area contributed by atoms with Crippen molar-refractivity contribution in [2.45, 2.75) is 58.3 Å². The Morgan fingerprint density at radius 1 is 0.848 bits per heavy atom. The predicted molar refractivity (Wildman–Crippen MR) is 139 cm³/mol. The summed E-state index contributed by atoms with van der Waals surface area (Å²) in [5.74, 6) is 0.403. The van der Waals surface area contributed by atoms with Gasteiger partial charge in [0.1, 0.15) is 11.5 Å². The SMILES string of the molecule is COc1cccc(C(=O)C(c2cccc(Br)c2)c2cc(C(C)(C)C)c(O)c(C(C)(C)C)c2)c1. The van der Waals surface area contributed by atoms with Gasteiger partial charge in [0.15, 0.2) is 5.78 Å². The lowest BCUT2D eigenvalue weighted by atomic mass is 9.75. The number of phenolic OH excluding ortho intramolecular Hbond substituents is 1. The molecule has 0 heterocycles. The van der Waals surface area contributed by atoms with Crippen molar-refractivity contribution in [3.63, 3.8) is 0 Å². The van der Waals surface area contributed by atoms with Crippen LogP contribution < -0.4 is 4.74 Å². The second-order valence-electron chi connectivity index (χ2n) is 10.5. The fourth-order valence-electron chi connectivity index (χ4n) is 4.09. The molecule has 1 N–H and O–H groups in total. The first-order valence-corrected chi connectivity index (χ1v) is 11.9. The molecule has 1 unspecified atom stereocenters. The van der Waals surface area contributed by atoms with Crippen molar-refractivity contribution in [1.29, 1.82) is 0 Å². The zero-order valence-corrected chi connectivity index (χ0v) is 22.1. The largest absolute Gasteiger partial charge is 0.507 e. The van der Waals surface area contributed by atoms with E-state index in [1.54, 1.807) is 13.2 Å². The van der Waals surface area contributed by atoms with Gasteiger partial charge < -0.3 is 9.84 Å². The van der Waals surface area contributed by atoms with Crippen molar-refractivity contribution in [2.75, 3.05) is 7.11 Å². The van der Waals surface area contributed by atoms with Crippen molar-refractivity contribution in [3.8, 4) is 11.5 Å². The van der Waals surface area contributed by atoms with Gasteiger partial charge in [-0.1, -0.05) is 93.9 Å². The molecule has 0 saturated carbocycles. The van der Waals surface area contributed by atoms with E-state index in [1.807, 2.05) is 54.6 Å². The number of hydrogen-bond acceptors (Lipinski definition) is 3. The second kappa shape index (κ2) is 9.34. The molecule has 0 aromatic heterocycles. The maximum absolute atomic E-state index is 14.0. The van der Waals surface area contributed by atoms with E-state index >= 15 is 0 Å². The molecule has 1 atom stereocenters. The number of rotatable bonds is 5. The Labute approximate surface area is 205 Å². The predicted octanol–water partition coefficient (Wildman–Crippen LogP) is 7.77. The number of methoxy groups -OCH3 is 1. The lowest BCUT2D eigenvalue weighted by Gasteiger charge is -2.30. The van der Waals surface area contributed by atoms with Crippen molar-refractivity contribution < 1.29 is 14.6 Å². The van der Waals surface area contributed by atoms with E-state index in [1.165, 1.54) is 0 Å². The fourth-order valence-corrected chi connectivity index (χ4v) is 4.51. The lowest BCUT2D eigenvalue weighted by molar-refractivity contribution is 0.0973. The van der Waals surface area contributed by atoms with E-state index in [0.29, 0.717) is 17.1 Å². The summed E-state index contributed by atoms with van der Waals surface area (Å²) < 4.78 is 6.28. The molecule has 0 aliphatic carbocycles. The summed E-state index contributed by atoms with van der Waals surface area (Å²) in [6.45, 7) is 12.5. The summed E-state index contributed by atoms with van der Waals surface area (Å²) in [6.07, 6.45) is 0. The number of carbonyl (C=O) groups is 1. The molecule has 4 heteroatoms. The monoisotopic (exact) mass is 508 g/mol. The maximum Gasteiger partial charge on any atom is 0.174 e. The fraction of sp³-hybridized carbons (Fsp3) is 0.345. The Balaban J connectivity index is 2.32. The number of ketones is 1. The second-order valence-corrected chi connectivity index (χ2v) is 11.5. The van der Waals surface area contributed by atoms with Crippen LogP contribution in [0.5, 0.6) is 11.5 Å². The summed E-state index contributed by atoms with van der Waals surface area (Å²) >= 11 is 3.56. The molecule has 0 aliphatic rings. The summed E-state index contributed by atoms with van der Waals surface area (Å²) in [7, 11) is 1.60. The molecule has 0 amide bonds. The van der Waals surface area contributed by atoms with Crippen LogP contribution in [0.4, 0.5) is 0 Å². The first-order chi connectivity index (χ1) is 15.3. The van der Waals surface area contributed by atoms with Crippen molar-refractivity contribution >= 4 is 21.7 Å². The molecule has 174 valence electrons. The number of carbonyl (C=O) groups excluding carboxylic acids is 1. The van der Waals surface area contributed by atoms with E-state index in [4.69, 9.17) is 4.74 Å². The molecule has 0 aliphatic heterocycles. The van der Waals surface area contributed by atoms with Crippen LogP contribution in [0.25, 0.3) is 0 Å². The first-order valence-electron chi connectivity index (χ1n) is 11.1. The van der Waals surface area contributed by atoms with Crippen molar-refractivity contribution in [1.82, 2.24) is 0 Å². The topological polar surface area (TPSA) is 46.5 Å². The Morgan fingerprint density at radius 2 is 1.42 bits per heavy atom. The third kappa shape index (κ3) is 5.50. The minimum Gasteiger partial charge on any atom is -0.507 e. The van der Waals surface area contributed by atoms with Gasteiger partial charge in [-0.25, -0.2) is 0 Å². The number of halogens is 1. The minimum atomic E-state index is -0.530. The van der Waals surface area contributed by atoms with Gasteiger partial charge in [0.05, 0.1) is 13.0 Å². The van der Waals surface area contributed by atoms with Gasteiger partial charge in [0, 0.05) is 10.0 Å². The van der Waals surface area contributed by atoms with E-state index in [9.17, 15) is 9.90 Å². The summed E-state index contributed by atoms with van der Waals surface area (Å²) in [6, 6.07) is 19.1. The molecule has 0 radical (unpaired) electrons. The average Bonchev–Trinajstić information content (AvgIpc) is 2.73. The van der Waals surface area contributed by atoms with Gasteiger partial charge in [0.25, 0.3) is 0 Å². The van der Waals surface area contributed by atoms with E-state index < -0.39 is 5.92 Å². The summed E-state index contributed by atoms with van der Waals surface area (Å²) in [5.41, 5.74) is 3.44. The number of phenols is 1. The van der Waals surface area contributed by atoms with E-state index in [-0.39, 0.29) is 16.6 Å². The molecule has 0 bridgehead atoms. The van der Waals surface area contributed by atoms with Crippen LogP contribution in [-0.2, 0) is 10.8 Å². The number of benzene rings is 3. The quantitative estimate of drug-likeness (QED) is 0.358. The first kappa shape index (κ1) is 25.0. The van der Waals surface area contributed by atoms with Gasteiger partial charge in [-0.05, 0) is 57.3 Å². The van der Waals surface area contributed by atoms with Gasteiger partial charge in [-0.15, -0.1) is 0 Å². The number of aromatic hydroxyl groups is 1. The molecular weight excluding hydrogens is 476 g/mol. The molecule has 0 saturated heterocycles. The lowest BCUT2D eigenvalue weighted by Crippen LogP contribution is -2.21. The van der Waals surface area contributed by atoms with Crippen molar-refractivity contribution in [3.05, 3.63) is 93.0 Å². The smallest absolute Gasteiger partial charge is 0.174 e. The Hall–Kier alpha value is -2.59. The normalized spacial score (nSPS) is 13.0. The zero-order chi connectivity index (χ0) is 24.6. The highest BCUT2D eigenvalue weighted by molar-refractivity contribution is 9.10. The van der Waals surface area contributed by atoms with Gasteiger partial charge in [-0.3, -0.25) is 4.79 Å². The van der Waals surface area contributed by atoms with Crippen LogP contribution in [0.2, 0.25) is 0 Å². The number of hydrogen-bond donors (Lipinski definition) is 1. The molecule has 3 aromatic rings. The van der Waals surface area contributed by atoms with Crippen LogP contribution in [0.3, 0.4) is 0 Å². The molecule has 0 fully saturated rings. The average molecular weight is 509 g/mol. The molecule has 3 aromatic carbocycles. The van der Waals surface area contributed by atoms with Crippen LogP contribution in [-0.4, -0.2) is 18.0 Å². The molecule has 33 heavy (non-hydrogen) atoms. The van der Waals surface area contributed by atoms with Gasteiger partial charge in [0.2, 0.25) is 0 Å². The summed E-state index contributed by atoms with van der Waals surface area (Å²) in [5, 5.41) is 11.2. The molecule has 0 spiro atoms. The third-order valence-corrected chi connectivity index (χ3v) is 6.37. The highest BCUT2D eigenvalue weighted by Gasteiger charge is 2.31. The standard InChI is InChI=1S/C29H33BrO3/c1-28(2,3)23-16-20(17-24(27(23)32)29(4,5)6)25(18-10-8-12-21(30)14-18)26(31)19-11-9-13-22(15-19)33-7/h8-17,25,32H,1-7H3. The van der Waals surface area contributed by atoms with Crippen LogP contribution in [0.1, 0.15) is 80.1 Å². The van der Waals surface area contributed by atoms with Gasteiger partial charge >= 0.3 is 0 Å². The highest BCUT2D eigenvalue weighted by atomic mass is 79.9. The third-order valence-electron chi connectivity index (χ3n) is 5.88. The Kier molecular flexibility index (Phi) is 7.09. The van der Waals surface area contributed by atoms with Crippen LogP contribution in [0.15, 0.2) is 65.1 Å². The maximum atomic E-state index is 14.0. The van der Waals surface area contributed by atoms with E-state index in [2.05, 4.69) is 57.5 Å². The van der Waals surface area contributed by atoms with Crippen LogP contribution in [0, 0.1) is 0 Å². The molecular formula is C29H33BrO3. The highest BCUT2D eigenvalue weighted by Crippen LogP contribution is 2.43. The molecule has 3 rings (SSSR count). The summed E-state index contributed by atoms with van der Waals surface area (Å²) in [4.78, 5) is 14.0.